The van der Waals surface area contributed by atoms with E-state index in [0.717, 1.165) is 15.8 Å². The van der Waals surface area contributed by atoms with Crippen LogP contribution in [-0.2, 0) is 0 Å². The third-order valence-corrected chi connectivity index (χ3v) is 4.20. The number of fused-ring (bicyclic) bond motifs is 1. The minimum atomic E-state index is -0.274. The number of carbonyl (C=O) groups excluding carboxylic acids is 1. The molecule has 1 unspecified atom stereocenters. The van der Waals surface area contributed by atoms with Crippen LogP contribution in [0.15, 0.2) is 53.1 Å². The number of urea groups is 1. The standard InChI is InChI=1S/C17H18BrN5O/c1-11(2)15(16-22-21-14-5-3-4-10-23(14)16)20-17(24)19-13-8-6-12(18)7-9-13/h3-11,15H,1-2H3,(H2,19,20,24). The quantitative estimate of drug-likeness (QED) is 0.710. The summed E-state index contributed by atoms with van der Waals surface area (Å²) in [7, 11) is 0. The van der Waals surface area contributed by atoms with E-state index < -0.39 is 0 Å². The van der Waals surface area contributed by atoms with Gasteiger partial charge in [-0.3, -0.25) is 4.40 Å². The molecule has 2 amide bonds. The van der Waals surface area contributed by atoms with Gasteiger partial charge in [0.05, 0.1) is 6.04 Å². The lowest BCUT2D eigenvalue weighted by molar-refractivity contribution is 0.243. The van der Waals surface area contributed by atoms with Crippen molar-refractivity contribution in [2.24, 2.45) is 5.92 Å². The molecule has 1 aromatic carbocycles. The third kappa shape index (κ3) is 3.56. The number of pyridine rings is 1. The van der Waals surface area contributed by atoms with Crippen LogP contribution in [0.1, 0.15) is 25.7 Å². The van der Waals surface area contributed by atoms with E-state index in [1.54, 1.807) is 0 Å². The van der Waals surface area contributed by atoms with Crippen molar-refractivity contribution < 1.29 is 4.79 Å². The lowest BCUT2D eigenvalue weighted by Crippen LogP contribution is -2.36. The smallest absolute Gasteiger partial charge is 0.319 e. The molecule has 3 aromatic rings. The highest BCUT2D eigenvalue weighted by Crippen LogP contribution is 2.21. The summed E-state index contributed by atoms with van der Waals surface area (Å²) in [6, 6.07) is 12.6. The van der Waals surface area contributed by atoms with Crippen molar-refractivity contribution in [1.29, 1.82) is 0 Å². The van der Waals surface area contributed by atoms with Crippen molar-refractivity contribution in [2.45, 2.75) is 19.9 Å². The summed E-state index contributed by atoms with van der Waals surface area (Å²) in [5.41, 5.74) is 1.48. The van der Waals surface area contributed by atoms with Gasteiger partial charge in [-0.25, -0.2) is 4.79 Å². The van der Waals surface area contributed by atoms with Gasteiger partial charge in [0.15, 0.2) is 11.5 Å². The number of nitrogens with one attached hydrogen (secondary N) is 2. The van der Waals surface area contributed by atoms with E-state index in [9.17, 15) is 4.79 Å². The van der Waals surface area contributed by atoms with Crippen LogP contribution in [0, 0.1) is 5.92 Å². The van der Waals surface area contributed by atoms with E-state index in [1.165, 1.54) is 0 Å². The van der Waals surface area contributed by atoms with Crippen LogP contribution in [0.4, 0.5) is 10.5 Å². The summed E-state index contributed by atoms with van der Waals surface area (Å²) in [4.78, 5) is 12.4. The van der Waals surface area contributed by atoms with E-state index >= 15 is 0 Å². The Balaban J connectivity index is 1.79. The predicted molar refractivity (Wildman–Crippen MR) is 96.9 cm³/mol. The third-order valence-electron chi connectivity index (χ3n) is 3.67. The lowest BCUT2D eigenvalue weighted by atomic mass is 10.0. The molecular formula is C17H18BrN5O. The van der Waals surface area contributed by atoms with E-state index in [4.69, 9.17) is 0 Å². The minimum absolute atomic E-state index is 0.160. The molecule has 0 spiro atoms. The summed E-state index contributed by atoms with van der Waals surface area (Å²) < 4.78 is 2.85. The number of anilines is 1. The molecule has 0 saturated carbocycles. The van der Waals surface area contributed by atoms with Crippen molar-refractivity contribution >= 4 is 33.3 Å². The minimum Gasteiger partial charge on any atom is -0.328 e. The van der Waals surface area contributed by atoms with Gasteiger partial charge in [-0.15, -0.1) is 10.2 Å². The molecule has 0 fully saturated rings. The molecule has 7 heteroatoms. The first-order valence-electron chi connectivity index (χ1n) is 7.67. The topological polar surface area (TPSA) is 71.3 Å². The van der Waals surface area contributed by atoms with Crippen molar-refractivity contribution in [3.8, 4) is 0 Å². The van der Waals surface area contributed by atoms with E-state index in [1.807, 2.05) is 66.9 Å². The Bertz CT molecular complexity index is 844. The fraction of sp³-hybridized carbons (Fsp3) is 0.235. The van der Waals surface area contributed by atoms with Gasteiger partial charge in [0.1, 0.15) is 0 Å². The largest absolute Gasteiger partial charge is 0.328 e. The van der Waals surface area contributed by atoms with Gasteiger partial charge in [-0.2, -0.15) is 0 Å². The predicted octanol–water partition coefficient (Wildman–Crippen LogP) is 4.01. The molecule has 0 bridgehead atoms. The zero-order chi connectivity index (χ0) is 17.1. The number of rotatable bonds is 4. The van der Waals surface area contributed by atoms with E-state index in [0.29, 0.717) is 5.82 Å². The molecule has 2 heterocycles. The second-order valence-electron chi connectivity index (χ2n) is 5.81. The molecule has 0 saturated heterocycles. The SMILES string of the molecule is CC(C)C(NC(=O)Nc1ccc(Br)cc1)c1nnc2ccccn12. The first-order chi connectivity index (χ1) is 11.5. The van der Waals surface area contributed by atoms with Gasteiger partial charge in [0, 0.05) is 16.4 Å². The van der Waals surface area contributed by atoms with E-state index in [-0.39, 0.29) is 18.0 Å². The summed E-state index contributed by atoms with van der Waals surface area (Å²) in [5, 5.41) is 14.2. The molecule has 0 aliphatic heterocycles. The Hall–Kier alpha value is -2.41. The molecule has 0 aliphatic rings. The Morgan fingerprint density at radius 3 is 2.58 bits per heavy atom. The van der Waals surface area contributed by atoms with Crippen molar-refractivity contribution in [2.75, 3.05) is 5.32 Å². The zero-order valence-electron chi connectivity index (χ0n) is 13.4. The number of hydrogen-bond donors (Lipinski definition) is 2. The summed E-state index contributed by atoms with van der Waals surface area (Å²) >= 11 is 3.37. The second-order valence-corrected chi connectivity index (χ2v) is 6.73. The highest BCUT2D eigenvalue weighted by molar-refractivity contribution is 9.10. The van der Waals surface area contributed by atoms with Gasteiger partial charge in [-0.1, -0.05) is 35.8 Å². The highest BCUT2D eigenvalue weighted by atomic mass is 79.9. The number of hydrogen-bond acceptors (Lipinski definition) is 3. The Kier molecular flexibility index (Phi) is 4.80. The van der Waals surface area contributed by atoms with Gasteiger partial charge in [0.2, 0.25) is 0 Å². The Morgan fingerprint density at radius 2 is 1.88 bits per heavy atom. The maximum absolute atomic E-state index is 12.4. The maximum Gasteiger partial charge on any atom is 0.319 e. The van der Waals surface area contributed by atoms with Gasteiger partial charge < -0.3 is 10.6 Å². The fourth-order valence-corrected chi connectivity index (χ4v) is 2.71. The monoisotopic (exact) mass is 387 g/mol. The average Bonchev–Trinajstić information content (AvgIpc) is 2.98. The molecule has 2 aromatic heterocycles. The normalized spacial score (nSPS) is 12.3. The molecule has 6 nitrogen and oxygen atoms in total. The van der Waals surface area contributed by atoms with Gasteiger partial charge in [0.25, 0.3) is 0 Å². The molecular weight excluding hydrogens is 370 g/mol. The molecule has 2 N–H and O–H groups in total. The van der Waals surface area contributed by atoms with Crippen molar-refractivity contribution in [3.63, 3.8) is 0 Å². The summed E-state index contributed by atoms with van der Waals surface area (Å²) in [5.74, 6) is 0.875. The number of benzene rings is 1. The lowest BCUT2D eigenvalue weighted by Gasteiger charge is -2.21. The molecule has 3 rings (SSSR count). The van der Waals surface area contributed by atoms with Crippen molar-refractivity contribution in [3.05, 3.63) is 59.0 Å². The first kappa shape index (κ1) is 16.4. The molecule has 0 radical (unpaired) electrons. The number of nitrogens with zero attached hydrogens (tertiary/aromatic N) is 3. The van der Waals surface area contributed by atoms with Gasteiger partial charge in [-0.05, 0) is 42.3 Å². The molecule has 24 heavy (non-hydrogen) atoms. The summed E-state index contributed by atoms with van der Waals surface area (Å²) in [6.45, 7) is 4.07. The van der Waals surface area contributed by atoms with Crippen LogP contribution >= 0.6 is 15.9 Å². The first-order valence-corrected chi connectivity index (χ1v) is 8.46. The van der Waals surface area contributed by atoms with Crippen LogP contribution in [0.3, 0.4) is 0 Å². The Morgan fingerprint density at radius 1 is 1.12 bits per heavy atom. The van der Waals surface area contributed by atoms with Crippen molar-refractivity contribution in [1.82, 2.24) is 19.9 Å². The van der Waals surface area contributed by atoms with Gasteiger partial charge >= 0.3 is 6.03 Å². The van der Waals surface area contributed by atoms with Crippen LogP contribution in [0.2, 0.25) is 0 Å². The average molecular weight is 388 g/mol. The van der Waals surface area contributed by atoms with Crippen LogP contribution in [0.25, 0.3) is 5.65 Å². The molecule has 0 aliphatic carbocycles. The van der Waals surface area contributed by atoms with Crippen LogP contribution in [0.5, 0.6) is 0 Å². The molecule has 1 atom stereocenters. The summed E-state index contributed by atoms with van der Waals surface area (Å²) in [6.07, 6.45) is 1.90. The van der Waals surface area contributed by atoms with Crippen LogP contribution < -0.4 is 10.6 Å². The fourth-order valence-electron chi connectivity index (χ4n) is 2.44. The second kappa shape index (κ2) is 7.00. The number of amides is 2. The number of carbonyl (C=O) groups is 1. The Labute approximate surface area is 148 Å². The maximum atomic E-state index is 12.4. The number of halogens is 1. The molecule has 124 valence electrons. The highest BCUT2D eigenvalue weighted by Gasteiger charge is 2.23. The number of aromatic nitrogens is 3. The zero-order valence-corrected chi connectivity index (χ0v) is 15.0. The van der Waals surface area contributed by atoms with E-state index in [2.05, 4.69) is 36.8 Å². The van der Waals surface area contributed by atoms with Crippen LogP contribution in [-0.4, -0.2) is 20.6 Å².